The predicted molar refractivity (Wildman–Crippen MR) is 72.0 cm³/mol. The lowest BCUT2D eigenvalue weighted by Gasteiger charge is -2.41. The van der Waals surface area contributed by atoms with E-state index >= 15 is 0 Å². The third-order valence-electron chi connectivity index (χ3n) is 4.60. The summed E-state index contributed by atoms with van der Waals surface area (Å²) in [6.07, 6.45) is 4.14. The zero-order valence-corrected chi connectivity index (χ0v) is 11.2. The van der Waals surface area contributed by atoms with Gasteiger partial charge in [0.2, 0.25) is 0 Å². The summed E-state index contributed by atoms with van der Waals surface area (Å²) in [5, 5.41) is 10.0. The summed E-state index contributed by atoms with van der Waals surface area (Å²) in [6.45, 7) is 6.65. The maximum absolute atomic E-state index is 10.0. The highest BCUT2D eigenvalue weighted by atomic mass is 16.3. The molecule has 0 aromatic heterocycles. The molecule has 1 heteroatoms. The van der Waals surface area contributed by atoms with Gasteiger partial charge in [-0.2, -0.15) is 0 Å². The molecule has 0 aliphatic heterocycles. The van der Waals surface area contributed by atoms with Crippen molar-refractivity contribution in [1.29, 1.82) is 0 Å². The molecule has 0 saturated heterocycles. The molecule has 0 heterocycles. The van der Waals surface area contributed by atoms with Gasteiger partial charge in [0, 0.05) is 0 Å². The Morgan fingerprint density at radius 3 is 2.18 bits per heavy atom. The molecule has 17 heavy (non-hydrogen) atoms. The van der Waals surface area contributed by atoms with Crippen molar-refractivity contribution >= 4 is 0 Å². The van der Waals surface area contributed by atoms with E-state index < -0.39 is 5.60 Å². The molecule has 1 aromatic carbocycles. The molecule has 1 aliphatic rings. The van der Waals surface area contributed by atoms with Crippen LogP contribution in [0.4, 0.5) is 0 Å². The first kappa shape index (κ1) is 12.6. The van der Waals surface area contributed by atoms with Gasteiger partial charge < -0.3 is 5.11 Å². The number of benzene rings is 1. The van der Waals surface area contributed by atoms with Crippen LogP contribution in [0, 0.1) is 5.92 Å². The predicted octanol–water partition coefficient (Wildman–Crippen LogP) is 3.91. The van der Waals surface area contributed by atoms with Crippen molar-refractivity contribution in [1.82, 2.24) is 0 Å². The lowest BCUT2D eigenvalue weighted by atomic mass is 9.65. The second-order valence-corrected chi connectivity index (χ2v) is 6.36. The van der Waals surface area contributed by atoms with Gasteiger partial charge in [-0.1, -0.05) is 44.2 Å². The summed E-state index contributed by atoms with van der Waals surface area (Å²) in [5.41, 5.74) is 1.22. The van der Waals surface area contributed by atoms with E-state index in [1.807, 2.05) is 6.92 Å². The number of rotatable bonds is 2. The first-order valence-corrected chi connectivity index (χ1v) is 6.70. The largest absolute Gasteiger partial charge is 0.390 e. The van der Waals surface area contributed by atoms with Gasteiger partial charge in [0.05, 0.1) is 5.60 Å². The van der Waals surface area contributed by atoms with Crippen molar-refractivity contribution in [2.45, 2.75) is 57.5 Å². The van der Waals surface area contributed by atoms with Gasteiger partial charge in [-0.05, 0) is 49.5 Å². The maximum Gasteiger partial charge on any atom is 0.0620 e. The molecule has 1 saturated carbocycles. The molecule has 0 atom stereocenters. The van der Waals surface area contributed by atoms with E-state index in [4.69, 9.17) is 0 Å². The van der Waals surface area contributed by atoms with Crippen LogP contribution in [0.2, 0.25) is 0 Å². The van der Waals surface area contributed by atoms with E-state index in [-0.39, 0.29) is 5.41 Å². The van der Waals surface area contributed by atoms with Crippen molar-refractivity contribution in [3.8, 4) is 0 Å². The van der Waals surface area contributed by atoms with Crippen molar-refractivity contribution in [2.24, 2.45) is 5.92 Å². The normalized spacial score (nSPS) is 30.2. The Bertz CT molecular complexity index is 354. The zero-order chi connectivity index (χ0) is 12.5. The Balaban J connectivity index is 2.12. The zero-order valence-electron chi connectivity index (χ0n) is 11.2. The van der Waals surface area contributed by atoms with Gasteiger partial charge in [0.1, 0.15) is 0 Å². The molecular formula is C16H24O. The number of hydrogen-bond acceptors (Lipinski definition) is 1. The van der Waals surface area contributed by atoms with Crippen LogP contribution in [0.25, 0.3) is 0 Å². The van der Waals surface area contributed by atoms with Crippen LogP contribution in [0.5, 0.6) is 0 Å². The molecule has 0 radical (unpaired) electrons. The fourth-order valence-electron chi connectivity index (χ4n) is 3.06. The van der Waals surface area contributed by atoms with Crippen LogP contribution in [-0.4, -0.2) is 10.7 Å². The minimum Gasteiger partial charge on any atom is -0.390 e. The first-order chi connectivity index (χ1) is 7.92. The van der Waals surface area contributed by atoms with Gasteiger partial charge in [0.25, 0.3) is 0 Å². The van der Waals surface area contributed by atoms with Crippen LogP contribution in [0.3, 0.4) is 0 Å². The Morgan fingerprint density at radius 2 is 1.65 bits per heavy atom. The molecule has 0 spiro atoms. The second kappa shape index (κ2) is 4.45. The third kappa shape index (κ3) is 2.71. The topological polar surface area (TPSA) is 20.2 Å². The summed E-state index contributed by atoms with van der Waals surface area (Å²) in [5.74, 6) is 0.685. The van der Waals surface area contributed by atoms with E-state index in [0.717, 1.165) is 25.7 Å². The molecule has 0 amide bonds. The van der Waals surface area contributed by atoms with E-state index in [2.05, 4.69) is 44.2 Å². The van der Waals surface area contributed by atoms with Crippen LogP contribution in [-0.2, 0) is 5.41 Å². The molecule has 0 bridgehead atoms. The number of hydrogen-bond donors (Lipinski definition) is 1. The van der Waals surface area contributed by atoms with E-state index in [0.29, 0.717) is 5.92 Å². The molecule has 94 valence electrons. The molecule has 1 aromatic rings. The van der Waals surface area contributed by atoms with Crippen LogP contribution in [0.1, 0.15) is 52.0 Å². The first-order valence-electron chi connectivity index (χ1n) is 6.70. The van der Waals surface area contributed by atoms with Gasteiger partial charge in [-0.3, -0.25) is 0 Å². The maximum atomic E-state index is 10.0. The van der Waals surface area contributed by atoms with Gasteiger partial charge in [-0.25, -0.2) is 0 Å². The van der Waals surface area contributed by atoms with Crippen molar-refractivity contribution in [2.75, 3.05) is 0 Å². The summed E-state index contributed by atoms with van der Waals surface area (Å²) < 4.78 is 0. The Kier molecular flexibility index (Phi) is 3.31. The minimum atomic E-state index is -0.427. The second-order valence-electron chi connectivity index (χ2n) is 6.36. The van der Waals surface area contributed by atoms with E-state index in [1.165, 1.54) is 5.56 Å². The smallest absolute Gasteiger partial charge is 0.0620 e. The molecule has 1 nitrogen and oxygen atoms in total. The quantitative estimate of drug-likeness (QED) is 0.819. The van der Waals surface area contributed by atoms with E-state index in [9.17, 15) is 5.11 Å². The average molecular weight is 232 g/mol. The van der Waals surface area contributed by atoms with Crippen molar-refractivity contribution in [3.05, 3.63) is 35.9 Å². The fraction of sp³-hybridized carbons (Fsp3) is 0.625. The lowest BCUT2D eigenvalue weighted by molar-refractivity contribution is -0.00234. The highest BCUT2D eigenvalue weighted by Gasteiger charge is 2.37. The Hall–Kier alpha value is -0.820. The fourth-order valence-corrected chi connectivity index (χ4v) is 3.06. The monoisotopic (exact) mass is 232 g/mol. The summed E-state index contributed by atoms with van der Waals surface area (Å²) >= 11 is 0. The molecule has 1 fully saturated rings. The molecule has 1 N–H and O–H groups in total. The Morgan fingerprint density at radius 1 is 1.12 bits per heavy atom. The molecular weight excluding hydrogens is 208 g/mol. The summed E-state index contributed by atoms with van der Waals surface area (Å²) in [6, 6.07) is 10.8. The standard InChI is InChI=1S/C16H24O/c1-15(2,13-7-5-4-6-8-13)14-9-11-16(3,17)12-10-14/h4-8,14,17H,9-12H2,1-3H3. The molecule has 1 aliphatic carbocycles. The van der Waals surface area contributed by atoms with Gasteiger partial charge in [0.15, 0.2) is 0 Å². The molecule has 0 unspecified atom stereocenters. The minimum absolute atomic E-state index is 0.220. The van der Waals surface area contributed by atoms with Crippen molar-refractivity contribution in [3.63, 3.8) is 0 Å². The van der Waals surface area contributed by atoms with Crippen molar-refractivity contribution < 1.29 is 5.11 Å². The van der Waals surface area contributed by atoms with Gasteiger partial charge in [-0.15, -0.1) is 0 Å². The third-order valence-corrected chi connectivity index (χ3v) is 4.60. The highest BCUT2D eigenvalue weighted by molar-refractivity contribution is 5.24. The van der Waals surface area contributed by atoms with Gasteiger partial charge >= 0.3 is 0 Å². The highest BCUT2D eigenvalue weighted by Crippen LogP contribution is 2.43. The Labute approximate surface area is 105 Å². The van der Waals surface area contributed by atoms with Crippen LogP contribution in [0.15, 0.2) is 30.3 Å². The lowest BCUT2D eigenvalue weighted by Crippen LogP contribution is -2.37. The van der Waals surface area contributed by atoms with Crippen LogP contribution >= 0.6 is 0 Å². The van der Waals surface area contributed by atoms with Crippen LogP contribution < -0.4 is 0 Å². The average Bonchev–Trinajstić information content (AvgIpc) is 2.29. The van der Waals surface area contributed by atoms with E-state index in [1.54, 1.807) is 0 Å². The molecule has 2 rings (SSSR count). The summed E-state index contributed by atoms with van der Waals surface area (Å²) in [7, 11) is 0. The summed E-state index contributed by atoms with van der Waals surface area (Å²) in [4.78, 5) is 0. The SMILES string of the molecule is CC1(O)CCC(C(C)(C)c2ccccc2)CC1. The number of aliphatic hydroxyl groups is 1.